The standard InChI is InChI=1S/C30H33FN6O3/c1-36(2)29(38)23-14-19(16-24(31)27(23)33-30(8-9-30)18-37-10-12-40-13-11-37)20-15-22-26(34-35-28(22)32-17-20)21-6-4-5-7-25(21)39-3/h4-7,14-17,33H,8-13,18H2,1-3H3,(H,32,34,35). The number of hydrogen-bond donors (Lipinski definition) is 2. The lowest BCUT2D eigenvalue weighted by molar-refractivity contribution is 0.0350. The zero-order valence-corrected chi connectivity index (χ0v) is 23.0. The Bertz CT molecular complexity index is 1560. The Hall–Kier alpha value is -4.02. The predicted octanol–water partition coefficient (Wildman–Crippen LogP) is 4.42. The molecule has 3 heterocycles. The number of aromatic amines is 1. The maximum atomic E-state index is 15.9. The molecule has 4 aromatic rings. The van der Waals surface area contributed by atoms with E-state index >= 15 is 4.39 Å². The summed E-state index contributed by atoms with van der Waals surface area (Å²) in [5, 5.41) is 11.7. The minimum absolute atomic E-state index is 0.248. The number of hydrogen-bond acceptors (Lipinski definition) is 7. The number of para-hydroxylation sites is 1. The second kappa shape index (κ2) is 10.5. The van der Waals surface area contributed by atoms with Crippen molar-refractivity contribution in [2.45, 2.75) is 18.4 Å². The molecule has 0 spiro atoms. The van der Waals surface area contributed by atoms with Crippen LogP contribution >= 0.6 is 0 Å². The smallest absolute Gasteiger partial charge is 0.255 e. The van der Waals surface area contributed by atoms with E-state index in [1.54, 1.807) is 33.5 Å². The number of pyridine rings is 1. The SMILES string of the molecule is COc1ccccc1-c1n[nH]c2ncc(-c3cc(F)c(NC4(CN5CCOCC5)CC4)c(C(=O)N(C)C)c3)cc12. The maximum Gasteiger partial charge on any atom is 0.255 e. The minimum atomic E-state index is -0.465. The third-order valence-corrected chi connectivity index (χ3v) is 7.71. The van der Waals surface area contributed by atoms with E-state index in [2.05, 4.69) is 25.4 Å². The summed E-state index contributed by atoms with van der Waals surface area (Å²) in [4.78, 5) is 21.7. The Morgan fingerprint density at radius 3 is 2.67 bits per heavy atom. The van der Waals surface area contributed by atoms with Crippen LogP contribution in [0.15, 0.2) is 48.7 Å². The van der Waals surface area contributed by atoms with Gasteiger partial charge in [0, 0.05) is 56.4 Å². The van der Waals surface area contributed by atoms with E-state index in [4.69, 9.17) is 9.47 Å². The molecule has 40 heavy (non-hydrogen) atoms. The predicted molar refractivity (Wildman–Crippen MR) is 152 cm³/mol. The van der Waals surface area contributed by atoms with Crippen LogP contribution in [-0.4, -0.2) is 90.5 Å². The molecule has 1 saturated heterocycles. The number of ether oxygens (including phenoxy) is 2. The lowest BCUT2D eigenvalue weighted by Gasteiger charge is -2.32. The van der Waals surface area contributed by atoms with E-state index in [1.807, 2.05) is 30.3 Å². The van der Waals surface area contributed by atoms with E-state index in [0.717, 1.165) is 43.4 Å². The van der Waals surface area contributed by atoms with E-state index < -0.39 is 5.82 Å². The molecule has 1 amide bonds. The van der Waals surface area contributed by atoms with Gasteiger partial charge in [0.2, 0.25) is 0 Å². The van der Waals surface area contributed by atoms with Crippen molar-refractivity contribution in [1.29, 1.82) is 0 Å². The Labute approximate surface area is 232 Å². The molecular formula is C30H33FN6O3. The number of carbonyl (C=O) groups excluding carboxylic acids is 1. The molecule has 6 rings (SSSR count). The fraction of sp³-hybridized carbons (Fsp3) is 0.367. The largest absolute Gasteiger partial charge is 0.496 e. The average Bonchev–Trinajstić information content (AvgIpc) is 3.59. The van der Waals surface area contributed by atoms with Crippen molar-refractivity contribution >= 4 is 22.6 Å². The third kappa shape index (κ3) is 5.00. The highest BCUT2D eigenvalue weighted by Crippen LogP contribution is 2.42. The van der Waals surface area contributed by atoms with Gasteiger partial charge in [-0.3, -0.25) is 14.8 Å². The van der Waals surface area contributed by atoms with Crippen LogP contribution < -0.4 is 10.1 Å². The fourth-order valence-electron chi connectivity index (χ4n) is 5.34. The van der Waals surface area contributed by atoms with Crippen molar-refractivity contribution in [2.75, 3.05) is 59.4 Å². The molecule has 1 aliphatic carbocycles. The molecule has 2 aromatic heterocycles. The van der Waals surface area contributed by atoms with Crippen molar-refractivity contribution in [3.8, 4) is 28.1 Å². The number of amides is 1. The molecular weight excluding hydrogens is 511 g/mol. The Kier molecular flexibility index (Phi) is 6.89. The second-order valence-electron chi connectivity index (χ2n) is 10.8. The number of anilines is 1. The summed E-state index contributed by atoms with van der Waals surface area (Å²) in [5.74, 6) is -0.0431. The molecule has 1 saturated carbocycles. The number of fused-ring (bicyclic) bond motifs is 1. The summed E-state index contributed by atoms with van der Waals surface area (Å²) in [6, 6.07) is 12.8. The molecule has 1 aliphatic heterocycles. The van der Waals surface area contributed by atoms with Gasteiger partial charge in [0.15, 0.2) is 5.65 Å². The van der Waals surface area contributed by atoms with Crippen LogP contribution in [0.25, 0.3) is 33.4 Å². The highest BCUT2D eigenvalue weighted by Gasteiger charge is 2.45. The molecule has 0 unspecified atom stereocenters. The fourth-order valence-corrected chi connectivity index (χ4v) is 5.34. The maximum absolute atomic E-state index is 15.9. The number of halogens is 1. The minimum Gasteiger partial charge on any atom is -0.496 e. The summed E-state index contributed by atoms with van der Waals surface area (Å²) < 4.78 is 26.9. The molecule has 9 nitrogen and oxygen atoms in total. The van der Waals surface area contributed by atoms with Gasteiger partial charge < -0.3 is 19.7 Å². The Morgan fingerprint density at radius 2 is 1.95 bits per heavy atom. The van der Waals surface area contributed by atoms with Gasteiger partial charge in [0.25, 0.3) is 5.91 Å². The molecule has 2 fully saturated rings. The number of nitrogens with one attached hydrogen (secondary N) is 2. The number of H-pyrrole nitrogens is 1. The summed E-state index contributed by atoms with van der Waals surface area (Å²) in [5.41, 5.74) is 3.65. The molecule has 0 atom stereocenters. The van der Waals surface area contributed by atoms with Crippen molar-refractivity contribution in [3.63, 3.8) is 0 Å². The topological polar surface area (TPSA) is 95.6 Å². The van der Waals surface area contributed by atoms with Crippen molar-refractivity contribution in [1.82, 2.24) is 25.0 Å². The van der Waals surface area contributed by atoms with Crippen LogP contribution in [0.5, 0.6) is 5.75 Å². The normalized spacial score (nSPS) is 16.6. The van der Waals surface area contributed by atoms with Crippen LogP contribution in [-0.2, 0) is 4.74 Å². The van der Waals surface area contributed by atoms with Crippen LogP contribution in [0.4, 0.5) is 10.1 Å². The molecule has 10 heteroatoms. The van der Waals surface area contributed by atoms with Crippen LogP contribution in [0, 0.1) is 5.82 Å². The van der Waals surface area contributed by atoms with Gasteiger partial charge in [-0.2, -0.15) is 5.10 Å². The first-order chi connectivity index (χ1) is 19.4. The van der Waals surface area contributed by atoms with E-state index in [1.165, 1.54) is 11.0 Å². The third-order valence-electron chi connectivity index (χ3n) is 7.71. The first-order valence-corrected chi connectivity index (χ1v) is 13.5. The first-order valence-electron chi connectivity index (χ1n) is 13.5. The van der Waals surface area contributed by atoms with Gasteiger partial charge in [0.05, 0.1) is 37.1 Å². The summed E-state index contributed by atoms with van der Waals surface area (Å²) in [7, 11) is 4.97. The number of benzene rings is 2. The van der Waals surface area contributed by atoms with Crippen molar-refractivity contribution < 1.29 is 18.7 Å². The summed E-state index contributed by atoms with van der Waals surface area (Å²) in [6.45, 7) is 3.91. The van der Waals surface area contributed by atoms with Crippen molar-refractivity contribution in [3.05, 3.63) is 60.0 Å². The van der Waals surface area contributed by atoms with E-state index in [-0.39, 0.29) is 17.1 Å². The van der Waals surface area contributed by atoms with Crippen molar-refractivity contribution in [2.24, 2.45) is 0 Å². The van der Waals surface area contributed by atoms with Gasteiger partial charge in [-0.1, -0.05) is 12.1 Å². The molecule has 0 bridgehead atoms. The average molecular weight is 545 g/mol. The monoisotopic (exact) mass is 544 g/mol. The number of aromatic nitrogens is 3. The highest BCUT2D eigenvalue weighted by molar-refractivity contribution is 6.01. The zero-order valence-electron chi connectivity index (χ0n) is 23.0. The number of carbonyl (C=O) groups is 1. The molecule has 208 valence electrons. The summed E-state index contributed by atoms with van der Waals surface area (Å²) in [6.07, 6.45) is 3.51. The number of morpholine rings is 1. The van der Waals surface area contributed by atoms with Crippen LogP contribution in [0.3, 0.4) is 0 Å². The second-order valence-corrected chi connectivity index (χ2v) is 10.8. The van der Waals surface area contributed by atoms with E-state index in [0.29, 0.717) is 47.0 Å². The quantitative estimate of drug-likeness (QED) is 0.339. The van der Waals surface area contributed by atoms with Crippen LogP contribution in [0.2, 0.25) is 0 Å². The number of methoxy groups -OCH3 is 1. The van der Waals surface area contributed by atoms with Gasteiger partial charge in [0.1, 0.15) is 17.3 Å². The van der Waals surface area contributed by atoms with Crippen LogP contribution in [0.1, 0.15) is 23.2 Å². The number of nitrogens with zero attached hydrogens (tertiary/aromatic N) is 4. The van der Waals surface area contributed by atoms with Gasteiger partial charge in [-0.25, -0.2) is 9.37 Å². The molecule has 2 aromatic carbocycles. The van der Waals surface area contributed by atoms with Gasteiger partial charge >= 0.3 is 0 Å². The van der Waals surface area contributed by atoms with Gasteiger partial charge in [-0.05, 0) is 48.7 Å². The highest BCUT2D eigenvalue weighted by atomic mass is 19.1. The van der Waals surface area contributed by atoms with E-state index in [9.17, 15) is 4.79 Å². The Balaban J connectivity index is 1.38. The first kappa shape index (κ1) is 26.2. The summed E-state index contributed by atoms with van der Waals surface area (Å²) >= 11 is 0. The lowest BCUT2D eigenvalue weighted by atomic mass is 9.99. The molecule has 0 radical (unpaired) electrons. The molecule has 2 N–H and O–H groups in total. The molecule has 2 aliphatic rings. The number of rotatable bonds is 8. The zero-order chi connectivity index (χ0) is 27.9. The van der Waals surface area contributed by atoms with Gasteiger partial charge in [-0.15, -0.1) is 0 Å². The Morgan fingerprint density at radius 1 is 1.18 bits per heavy atom. The lowest BCUT2D eigenvalue weighted by Crippen LogP contribution is -2.44.